The first-order chi connectivity index (χ1) is 14.3. The number of hydrogen-bond donors (Lipinski definition) is 2. The molecule has 0 unspecified atom stereocenters. The van der Waals surface area contributed by atoms with Crippen molar-refractivity contribution >= 4 is 22.7 Å². The maximum Gasteiger partial charge on any atom is 0.253 e. The summed E-state index contributed by atoms with van der Waals surface area (Å²) in [6, 6.07) is 17.5. The van der Waals surface area contributed by atoms with Crippen LogP contribution in [0.5, 0.6) is 0 Å². The van der Waals surface area contributed by atoms with E-state index in [0.717, 1.165) is 25.9 Å². The highest BCUT2D eigenvalue weighted by molar-refractivity contribution is 5.98. The van der Waals surface area contributed by atoms with Crippen molar-refractivity contribution in [3.63, 3.8) is 0 Å². The zero-order valence-corrected chi connectivity index (χ0v) is 17.9. The monoisotopic (exact) mass is 403 g/mol. The maximum absolute atomic E-state index is 12.9. The van der Waals surface area contributed by atoms with Gasteiger partial charge in [0, 0.05) is 46.9 Å². The molecule has 4 rings (SSSR count). The molecule has 3 aromatic rings. The molecular formula is C25H29N3O2. The normalized spacial score (nSPS) is 15.4. The topological polar surface area (TPSA) is 65.2 Å². The Kier molecular flexibility index (Phi) is 5.37. The van der Waals surface area contributed by atoms with Crippen molar-refractivity contribution in [1.82, 2.24) is 15.2 Å². The molecule has 1 aromatic heterocycles. The number of rotatable bonds is 3. The SMILES string of the molecule is CC(C)(C)NC(=O)c1ccc(C(=O)N2CCC(c3cc4ccccc4[nH]3)CC2)cc1. The lowest BCUT2D eigenvalue weighted by Crippen LogP contribution is -2.40. The van der Waals surface area contributed by atoms with E-state index in [2.05, 4.69) is 34.6 Å². The minimum absolute atomic E-state index is 0.0351. The number of benzene rings is 2. The van der Waals surface area contributed by atoms with Gasteiger partial charge in [-0.05, 0) is 75.4 Å². The van der Waals surface area contributed by atoms with Gasteiger partial charge in [-0.15, -0.1) is 0 Å². The average Bonchev–Trinajstić information content (AvgIpc) is 3.16. The third kappa shape index (κ3) is 4.40. The number of amides is 2. The Hall–Kier alpha value is -3.08. The van der Waals surface area contributed by atoms with Crippen LogP contribution in [0.25, 0.3) is 10.9 Å². The van der Waals surface area contributed by atoms with Crippen LogP contribution in [0.4, 0.5) is 0 Å². The molecule has 1 aliphatic rings. The second-order valence-electron chi connectivity index (χ2n) is 9.16. The summed E-state index contributed by atoms with van der Waals surface area (Å²) >= 11 is 0. The lowest BCUT2D eigenvalue weighted by atomic mass is 9.93. The molecule has 1 fully saturated rings. The summed E-state index contributed by atoms with van der Waals surface area (Å²) in [4.78, 5) is 30.6. The van der Waals surface area contributed by atoms with E-state index in [1.807, 2.05) is 31.7 Å². The third-order valence-corrected chi connectivity index (χ3v) is 5.66. The molecule has 156 valence electrons. The van der Waals surface area contributed by atoms with Gasteiger partial charge in [0.1, 0.15) is 0 Å². The van der Waals surface area contributed by atoms with Gasteiger partial charge in [0.25, 0.3) is 11.8 Å². The Balaban J connectivity index is 1.37. The number of H-pyrrole nitrogens is 1. The van der Waals surface area contributed by atoms with E-state index in [-0.39, 0.29) is 17.4 Å². The van der Waals surface area contributed by atoms with E-state index in [0.29, 0.717) is 17.0 Å². The van der Waals surface area contributed by atoms with Gasteiger partial charge in [-0.3, -0.25) is 9.59 Å². The second kappa shape index (κ2) is 7.98. The number of fused-ring (bicyclic) bond motifs is 1. The predicted molar refractivity (Wildman–Crippen MR) is 120 cm³/mol. The van der Waals surface area contributed by atoms with Crippen LogP contribution in [0.2, 0.25) is 0 Å². The molecule has 1 aliphatic heterocycles. The van der Waals surface area contributed by atoms with Gasteiger partial charge in [0.05, 0.1) is 0 Å². The van der Waals surface area contributed by atoms with Crippen molar-refractivity contribution in [2.45, 2.75) is 45.1 Å². The first-order valence-electron chi connectivity index (χ1n) is 10.6. The number of aromatic amines is 1. The van der Waals surface area contributed by atoms with Crippen molar-refractivity contribution in [3.8, 4) is 0 Å². The second-order valence-corrected chi connectivity index (χ2v) is 9.16. The van der Waals surface area contributed by atoms with Crippen LogP contribution in [0.15, 0.2) is 54.6 Å². The number of carbonyl (C=O) groups is 2. The molecule has 2 heterocycles. The number of nitrogens with zero attached hydrogens (tertiary/aromatic N) is 1. The summed E-state index contributed by atoms with van der Waals surface area (Å²) in [5, 5.41) is 4.18. The molecule has 1 saturated heterocycles. The van der Waals surface area contributed by atoms with E-state index in [1.165, 1.54) is 16.6 Å². The van der Waals surface area contributed by atoms with Crippen molar-refractivity contribution in [1.29, 1.82) is 0 Å². The summed E-state index contributed by atoms with van der Waals surface area (Å²) in [5.41, 5.74) is 3.34. The quantitative estimate of drug-likeness (QED) is 0.665. The number of hydrogen-bond acceptors (Lipinski definition) is 2. The van der Waals surface area contributed by atoms with E-state index >= 15 is 0 Å². The van der Waals surface area contributed by atoms with Crippen LogP contribution < -0.4 is 5.32 Å². The predicted octanol–water partition coefficient (Wildman–Crippen LogP) is 4.72. The molecule has 0 atom stereocenters. The Labute approximate surface area is 177 Å². The fourth-order valence-electron chi connectivity index (χ4n) is 4.07. The van der Waals surface area contributed by atoms with Crippen LogP contribution >= 0.6 is 0 Å². The van der Waals surface area contributed by atoms with Gasteiger partial charge in [-0.25, -0.2) is 0 Å². The molecule has 0 bridgehead atoms. The van der Waals surface area contributed by atoms with Crippen molar-refractivity contribution < 1.29 is 9.59 Å². The Morgan fingerprint density at radius 1 is 0.967 bits per heavy atom. The molecule has 2 aromatic carbocycles. The lowest BCUT2D eigenvalue weighted by molar-refractivity contribution is 0.0711. The highest BCUT2D eigenvalue weighted by Crippen LogP contribution is 2.30. The largest absolute Gasteiger partial charge is 0.358 e. The Morgan fingerprint density at radius 2 is 1.60 bits per heavy atom. The molecule has 0 saturated carbocycles. The molecular weight excluding hydrogens is 374 g/mol. The third-order valence-electron chi connectivity index (χ3n) is 5.66. The van der Waals surface area contributed by atoms with Crippen molar-refractivity contribution in [3.05, 3.63) is 71.4 Å². The highest BCUT2D eigenvalue weighted by Gasteiger charge is 2.25. The summed E-state index contributed by atoms with van der Waals surface area (Å²) in [5.74, 6) is 0.360. The standard InChI is InChI=1S/C25H29N3O2/c1-25(2,3)27-23(29)18-8-10-19(11-9-18)24(30)28-14-12-17(13-15-28)22-16-20-6-4-5-7-21(20)26-22/h4-11,16-17,26H,12-15H2,1-3H3,(H,27,29). The zero-order valence-electron chi connectivity index (χ0n) is 17.9. The molecule has 5 heteroatoms. The van der Waals surface area contributed by atoms with Gasteiger partial charge in [0.15, 0.2) is 0 Å². The van der Waals surface area contributed by atoms with Gasteiger partial charge in [-0.1, -0.05) is 18.2 Å². The Morgan fingerprint density at radius 3 is 2.23 bits per heavy atom. The van der Waals surface area contributed by atoms with Crippen molar-refractivity contribution in [2.75, 3.05) is 13.1 Å². The first-order valence-corrected chi connectivity index (χ1v) is 10.6. The molecule has 30 heavy (non-hydrogen) atoms. The summed E-state index contributed by atoms with van der Waals surface area (Å²) in [6.45, 7) is 7.32. The van der Waals surface area contributed by atoms with Gasteiger partial charge < -0.3 is 15.2 Å². The number of carbonyl (C=O) groups excluding carboxylic acids is 2. The van der Waals surface area contributed by atoms with Crippen LogP contribution in [0.1, 0.15) is 65.9 Å². The minimum Gasteiger partial charge on any atom is -0.358 e. The molecule has 0 spiro atoms. The van der Waals surface area contributed by atoms with E-state index < -0.39 is 0 Å². The fourth-order valence-corrected chi connectivity index (χ4v) is 4.07. The molecule has 0 aliphatic carbocycles. The van der Waals surface area contributed by atoms with Crippen molar-refractivity contribution in [2.24, 2.45) is 0 Å². The van der Waals surface area contributed by atoms with Crippen LogP contribution in [0, 0.1) is 0 Å². The first kappa shape index (κ1) is 20.2. The van der Waals surface area contributed by atoms with E-state index in [9.17, 15) is 9.59 Å². The summed E-state index contributed by atoms with van der Waals surface area (Å²) < 4.78 is 0. The van der Waals surface area contributed by atoms with E-state index in [1.54, 1.807) is 24.3 Å². The Bertz CT molecular complexity index is 1020. The van der Waals surface area contributed by atoms with Crippen LogP contribution in [-0.4, -0.2) is 40.3 Å². The molecule has 2 N–H and O–H groups in total. The van der Waals surface area contributed by atoms with Crippen LogP contribution in [0.3, 0.4) is 0 Å². The van der Waals surface area contributed by atoms with Gasteiger partial charge >= 0.3 is 0 Å². The van der Waals surface area contributed by atoms with Crippen LogP contribution in [-0.2, 0) is 0 Å². The highest BCUT2D eigenvalue weighted by atomic mass is 16.2. The average molecular weight is 404 g/mol. The smallest absolute Gasteiger partial charge is 0.253 e. The summed E-state index contributed by atoms with van der Waals surface area (Å²) in [6.07, 6.45) is 1.90. The van der Waals surface area contributed by atoms with Gasteiger partial charge in [-0.2, -0.15) is 0 Å². The minimum atomic E-state index is -0.291. The number of piperidine rings is 1. The number of nitrogens with one attached hydrogen (secondary N) is 2. The molecule has 0 radical (unpaired) electrons. The fraction of sp³-hybridized carbons (Fsp3) is 0.360. The maximum atomic E-state index is 12.9. The zero-order chi connectivity index (χ0) is 21.3. The lowest BCUT2D eigenvalue weighted by Gasteiger charge is -2.31. The number of likely N-dealkylation sites (tertiary alicyclic amines) is 1. The summed E-state index contributed by atoms with van der Waals surface area (Å²) in [7, 11) is 0. The van der Waals surface area contributed by atoms with Gasteiger partial charge in [0.2, 0.25) is 0 Å². The van der Waals surface area contributed by atoms with E-state index in [4.69, 9.17) is 0 Å². The molecule has 5 nitrogen and oxygen atoms in total. The molecule has 2 amide bonds. The number of aromatic nitrogens is 1. The number of para-hydroxylation sites is 1.